The lowest BCUT2D eigenvalue weighted by Crippen LogP contribution is -2.55. The third kappa shape index (κ3) is 6.31. The van der Waals surface area contributed by atoms with Crippen molar-refractivity contribution < 1.29 is 22.7 Å². The van der Waals surface area contributed by atoms with Gasteiger partial charge in [-0.15, -0.1) is 0 Å². The van der Waals surface area contributed by atoms with Gasteiger partial charge in [0.1, 0.15) is 5.82 Å². The number of anilines is 2. The van der Waals surface area contributed by atoms with Gasteiger partial charge >= 0.3 is 12.2 Å². The number of nitriles is 1. The molecular formula is C31H37F3N8O2. The van der Waals surface area contributed by atoms with E-state index in [0.29, 0.717) is 50.7 Å². The number of hydrogen-bond donors (Lipinski definition) is 0. The van der Waals surface area contributed by atoms with Gasteiger partial charge in [0.25, 0.3) is 0 Å². The molecule has 13 heteroatoms. The van der Waals surface area contributed by atoms with Gasteiger partial charge in [0.15, 0.2) is 5.69 Å². The molecule has 1 atom stereocenters. The van der Waals surface area contributed by atoms with Crippen LogP contribution in [0.25, 0.3) is 0 Å². The van der Waals surface area contributed by atoms with Crippen LogP contribution in [0.3, 0.4) is 0 Å². The van der Waals surface area contributed by atoms with E-state index < -0.39 is 11.9 Å². The van der Waals surface area contributed by atoms with E-state index in [4.69, 9.17) is 14.7 Å². The monoisotopic (exact) mass is 610 g/mol. The summed E-state index contributed by atoms with van der Waals surface area (Å²) in [6, 6.07) is 4.99. The number of piperazine rings is 1. The Balaban J connectivity index is 1.30. The molecule has 0 aromatic carbocycles. The lowest BCUT2D eigenvalue weighted by molar-refractivity contribution is -0.140. The zero-order chi connectivity index (χ0) is 30.9. The highest BCUT2D eigenvalue weighted by molar-refractivity contribution is 5.87. The summed E-state index contributed by atoms with van der Waals surface area (Å²) in [7, 11) is 0. The maximum atomic E-state index is 13.8. The van der Waals surface area contributed by atoms with Crippen molar-refractivity contribution in [3.63, 3.8) is 0 Å². The quantitative estimate of drug-likeness (QED) is 0.392. The molecule has 0 N–H and O–H groups in total. The molecule has 5 heterocycles. The zero-order valence-electron chi connectivity index (χ0n) is 24.7. The SMILES string of the molecule is C=CC(=O)N1CCN(c2nc(OCC3(CN4CCCC4)CC3)nc3c2CCN(c2cccnc2C(F)(F)F)C3)CC1CC#N. The number of rotatable bonds is 9. The lowest BCUT2D eigenvalue weighted by atomic mass is 10.0. The second-order valence-electron chi connectivity index (χ2n) is 12.3. The molecule has 4 aliphatic rings. The number of ether oxygens (including phenoxy) is 1. The standard InChI is InChI=1S/C31H37F3N8O2/c1-2-26(43)42-17-16-41(18-22(42)7-11-35)28-23-8-15-40(25-6-5-12-36-27(25)31(32,33)34)19-24(23)37-29(38-28)44-21-30(9-10-30)20-39-13-3-4-14-39/h2,5-6,12,22H,1,3-4,7-10,13-21H2. The van der Waals surface area contributed by atoms with Gasteiger partial charge in [-0.05, 0) is 63.4 Å². The first-order valence-corrected chi connectivity index (χ1v) is 15.3. The number of alkyl halides is 3. The summed E-state index contributed by atoms with van der Waals surface area (Å²) in [4.78, 5) is 33.6. The summed E-state index contributed by atoms with van der Waals surface area (Å²) in [5, 5.41) is 9.48. The van der Waals surface area contributed by atoms with Gasteiger partial charge in [-0.1, -0.05) is 6.58 Å². The molecule has 1 aliphatic carbocycles. The minimum atomic E-state index is -4.59. The molecule has 1 unspecified atom stereocenters. The minimum Gasteiger partial charge on any atom is -0.463 e. The van der Waals surface area contributed by atoms with Crippen molar-refractivity contribution >= 4 is 17.4 Å². The Morgan fingerprint density at radius 1 is 1.16 bits per heavy atom. The van der Waals surface area contributed by atoms with Crippen molar-refractivity contribution in [3.8, 4) is 12.1 Å². The van der Waals surface area contributed by atoms with E-state index in [1.165, 1.54) is 31.1 Å². The van der Waals surface area contributed by atoms with Crippen molar-refractivity contribution in [2.75, 3.05) is 62.2 Å². The van der Waals surface area contributed by atoms with Crippen LogP contribution in [0.2, 0.25) is 0 Å². The van der Waals surface area contributed by atoms with E-state index in [-0.39, 0.29) is 42.0 Å². The van der Waals surface area contributed by atoms with Crippen LogP contribution in [-0.2, 0) is 23.9 Å². The van der Waals surface area contributed by atoms with E-state index in [9.17, 15) is 23.2 Å². The van der Waals surface area contributed by atoms with Gasteiger partial charge in [-0.2, -0.15) is 28.4 Å². The lowest BCUT2D eigenvalue weighted by Gasteiger charge is -2.42. The van der Waals surface area contributed by atoms with Crippen molar-refractivity contribution in [1.29, 1.82) is 5.26 Å². The number of hydrogen-bond acceptors (Lipinski definition) is 9. The average Bonchev–Trinajstić information content (AvgIpc) is 3.60. The largest absolute Gasteiger partial charge is 0.463 e. The van der Waals surface area contributed by atoms with E-state index in [1.807, 2.05) is 0 Å². The molecule has 6 rings (SSSR count). The number of fused-ring (bicyclic) bond motifs is 1. The minimum absolute atomic E-state index is 0.0152. The molecule has 234 valence electrons. The molecule has 44 heavy (non-hydrogen) atoms. The van der Waals surface area contributed by atoms with Crippen molar-refractivity contribution in [2.45, 2.75) is 57.3 Å². The second-order valence-corrected chi connectivity index (χ2v) is 12.3. The van der Waals surface area contributed by atoms with Crippen molar-refractivity contribution in [2.24, 2.45) is 5.41 Å². The normalized spacial score (nSPS) is 21.5. The molecule has 3 aliphatic heterocycles. The number of carbonyl (C=O) groups excluding carboxylic acids is 1. The zero-order valence-corrected chi connectivity index (χ0v) is 24.7. The Morgan fingerprint density at radius 2 is 1.95 bits per heavy atom. The molecule has 0 spiro atoms. The third-order valence-corrected chi connectivity index (χ3v) is 9.21. The second kappa shape index (κ2) is 12.2. The highest BCUT2D eigenvalue weighted by Crippen LogP contribution is 2.47. The van der Waals surface area contributed by atoms with Crippen molar-refractivity contribution in [3.05, 3.63) is 47.9 Å². The Kier molecular flexibility index (Phi) is 8.37. The van der Waals surface area contributed by atoms with Gasteiger partial charge in [0.05, 0.1) is 43.1 Å². The third-order valence-electron chi connectivity index (χ3n) is 9.21. The molecule has 0 radical (unpaired) electrons. The fourth-order valence-corrected chi connectivity index (χ4v) is 6.68. The maximum absolute atomic E-state index is 13.8. The number of nitrogens with zero attached hydrogens (tertiary/aromatic N) is 8. The van der Waals surface area contributed by atoms with Crippen molar-refractivity contribution in [1.82, 2.24) is 24.8 Å². The molecule has 2 aromatic rings. The van der Waals surface area contributed by atoms with Gasteiger partial charge in [0, 0.05) is 49.9 Å². The predicted molar refractivity (Wildman–Crippen MR) is 157 cm³/mol. The summed E-state index contributed by atoms with van der Waals surface area (Å²) in [5.74, 6) is 0.434. The van der Waals surface area contributed by atoms with Crippen LogP contribution in [0.4, 0.5) is 24.7 Å². The molecule has 10 nitrogen and oxygen atoms in total. The summed E-state index contributed by atoms with van der Waals surface area (Å²) in [6.07, 6.45) is 2.99. The Labute approximate surface area is 255 Å². The molecular weight excluding hydrogens is 573 g/mol. The van der Waals surface area contributed by atoms with Crippen LogP contribution >= 0.6 is 0 Å². The van der Waals surface area contributed by atoms with Gasteiger partial charge < -0.3 is 24.3 Å². The Hall–Kier alpha value is -3.92. The average molecular weight is 611 g/mol. The molecule has 0 bridgehead atoms. The number of pyridine rings is 1. The van der Waals surface area contributed by atoms with Crippen LogP contribution in [0.1, 0.15) is 49.1 Å². The van der Waals surface area contributed by atoms with Crippen LogP contribution in [0, 0.1) is 16.7 Å². The highest BCUT2D eigenvalue weighted by Gasteiger charge is 2.45. The van der Waals surface area contributed by atoms with Crippen LogP contribution in [0.15, 0.2) is 31.0 Å². The summed E-state index contributed by atoms with van der Waals surface area (Å²) >= 11 is 0. The first kappa shape index (κ1) is 30.1. The molecule has 2 aromatic heterocycles. The molecule has 1 saturated carbocycles. The fourth-order valence-electron chi connectivity index (χ4n) is 6.68. The van der Waals surface area contributed by atoms with Gasteiger partial charge in [-0.3, -0.25) is 4.79 Å². The molecule has 3 fully saturated rings. The number of likely N-dealkylation sites (tertiary alicyclic amines) is 1. The number of aromatic nitrogens is 3. The van der Waals surface area contributed by atoms with Gasteiger partial charge in [0.2, 0.25) is 5.91 Å². The summed E-state index contributed by atoms with van der Waals surface area (Å²) < 4.78 is 47.8. The van der Waals surface area contributed by atoms with E-state index >= 15 is 0 Å². The Bertz CT molecular complexity index is 1430. The van der Waals surface area contributed by atoms with Crippen LogP contribution < -0.4 is 14.5 Å². The molecule has 2 saturated heterocycles. The maximum Gasteiger partial charge on any atom is 0.435 e. The number of amides is 1. The van der Waals surface area contributed by atoms with E-state index in [0.717, 1.165) is 44.2 Å². The predicted octanol–water partition coefficient (Wildman–Crippen LogP) is 3.82. The van der Waals surface area contributed by atoms with Gasteiger partial charge in [-0.25, -0.2) is 4.98 Å². The van der Waals surface area contributed by atoms with Crippen LogP contribution in [0.5, 0.6) is 6.01 Å². The summed E-state index contributed by atoms with van der Waals surface area (Å²) in [5.41, 5.74) is 0.625. The topological polar surface area (TPSA) is 102 Å². The number of carbonyl (C=O) groups is 1. The van der Waals surface area contributed by atoms with Crippen LogP contribution in [-0.4, -0.2) is 89.1 Å². The number of halogens is 3. The first-order valence-electron chi connectivity index (χ1n) is 15.3. The Morgan fingerprint density at radius 3 is 2.66 bits per heavy atom. The highest BCUT2D eigenvalue weighted by atomic mass is 19.4. The van der Waals surface area contributed by atoms with E-state index in [2.05, 4.69) is 27.4 Å². The molecule has 1 amide bonds. The summed E-state index contributed by atoms with van der Waals surface area (Å²) in [6.45, 7) is 9.00. The smallest absolute Gasteiger partial charge is 0.435 e. The fraction of sp³-hybridized carbons (Fsp3) is 0.581. The first-order chi connectivity index (χ1) is 21.2. The van der Waals surface area contributed by atoms with E-state index in [1.54, 1.807) is 9.80 Å².